The first-order valence-electron chi connectivity index (χ1n) is 6.33. The van der Waals surface area contributed by atoms with Crippen LogP contribution in [0, 0.1) is 0 Å². The fourth-order valence-corrected chi connectivity index (χ4v) is 1.81. The molecule has 0 bridgehead atoms. The van der Waals surface area contributed by atoms with Crippen LogP contribution in [-0.2, 0) is 14.3 Å². The highest BCUT2D eigenvalue weighted by Gasteiger charge is 2.26. The average molecular weight is 289 g/mol. The Balaban J connectivity index is 4.68. The summed E-state index contributed by atoms with van der Waals surface area (Å²) in [4.78, 5) is 25.5. The summed E-state index contributed by atoms with van der Waals surface area (Å²) in [7, 11) is 1.56. The zero-order valence-corrected chi connectivity index (χ0v) is 12.6. The number of hydrogen-bond donors (Lipinski definition) is 2. The third-order valence-electron chi connectivity index (χ3n) is 2.80. The molecule has 0 aromatic rings. The number of ether oxygens (including phenoxy) is 1. The largest absolute Gasteiger partial charge is 0.392 e. The first-order chi connectivity index (χ1) is 8.97. The number of methoxy groups -OCH3 is 1. The molecule has 0 heterocycles. The molecule has 110 valence electrons. The summed E-state index contributed by atoms with van der Waals surface area (Å²) < 4.78 is 4.97. The summed E-state index contributed by atoms with van der Waals surface area (Å²) in [5, 5.41) is 2.40. The topological polar surface area (TPSA) is 84.7 Å². The SMILES string of the molecule is CCC(CC)N(CCOC)C(=O)C(=O)NCC(N)=S. The summed E-state index contributed by atoms with van der Waals surface area (Å²) in [5.41, 5.74) is 5.28. The minimum absolute atomic E-state index is 0.0261. The second-order valence-corrected chi connectivity index (χ2v) is 4.64. The monoisotopic (exact) mass is 289 g/mol. The van der Waals surface area contributed by atoms with Gasteiger partial charge in [-0.3, -0.25) is 9.59 Å². The molecule has 0 unspecified atom stereocenters. The van der Waals surface area contributed by atoms with Crippen molar-refractivity contribution in [3.8, 4) is 0 Å². The Morgan fingerprint density at radius 2 is 1.95 bits per heavy atom. The highest BCUT2D eigenvalue weighted by atomic mass is 32.1. The van der Waals surface area contributed by atoms with Crippen molar-refractivity contribution < 1.29 is 14.3 Å². The zero-order valence-electron chi connectivity index (χ0n) is 11.8. The molecule has 3 N–H and O–H groups in total. The predicted molar refractivity (Wildman–Crippen MR) is 77.8 cm³/mol. The van der Waals surface area contributed by atoms with Crippen LogP contribution in [0.15, 0.2) is 0 Å². The van der Waals surface area contributed by atoms with Gasteiger partial charge in [0.15, 0.2) is 0 Å². The molecule has 0 saturated carbocycles. The van der Waals surface area contributed by atoms with Gasteiger partial charge < -0.3 is 20.7 Å². The Hall–Kier alpha value is -1.21. The van der Waals surface area contributed by atoms with Crippen molar-refractivity contribution in [2.75, 3.05) is 26.8 Å². The van der Waals surface area contributed by atoms with Crippen molar-refractivity contribution in [2.24, 2.45) is 5.73 Å². The molecule has 0 radical (unpaired) electrons. The molecule has 0 spiro atoms. The third-order valence-corrected chi connectivity index (χ3v) is 2.94. The van der Waals surface area contributed by atoms with Gasteiger partial charge in [-0.15, -0.1) is 0 Å². The molecule has 0 aliphatic carbocycles. The highest BCUT2D eigenvalue weighted by Crippen LogP contribution is 2.08. The number of carbonyl (C=O) groups is 2. The molecule has 0 aromatic carbocycles. The lowest BCUT2D eigenvalue weighted by Crippen LogP contribution is -2.50. The molecule has 0 fully saturated rings. The number of hydrogen-bond acceptors (Lipinski definition) is 4. The van der Waals surface area contributed by atoms with Gasteiger partial charge in [0, 0.05) is 19.7 Å². The maximum atomic E-state index is 12.1. The van der Waals surface area contributed by atoms with E-state index in [9.17, 15) is 9.59 Å². The van der Waals surface area contributed by atoms with Crippen LogP contribution < -0.4 is 11.1 Å². The predicted octanol–water partition coefficient (Wildman–Crippen LogP) is 0.0523. The summed E-state index contributed by atoms with van der Waals surface area (Å²) in [6.07, 6.45) is 1.57. The third kappa shape index (κ3) is 6.49. The van der Waals surface area contributed by atoms with Gasteiger partial charge in [0.05, 0.1) is 18.1 Å². The van der Waals surface area contributed by atoms with Gasteiger partial charge in [-0.2, -0.15) is 0 Å². The lowest BCUT2D eigenvalue weighted by atomic mass is 10.1. The smallest absolute Gasteiger partial charge is 0.312 e. The van der Waals surface area contributed by atoms with Crippen LogP contribution in [0.2, 0.25) is 0 Å². The van der Waals surface area contributed by atoms with Crippen molar-refractivity contribution in [3.63, 3.8) is 0 Å². The van der Waals surface area contributed by atoms with Crippen molar-refractivity contribution >= 4 is 29.0 Å². The van der Waals surface area contributed by atoms with E-state index < -0.39 is 11.8 Å². The van der Waals surface area contributed by atoms with Gasteiger partial charge in [-0.1, -0.05) is 26.1 Å². The van der Waals surface area contributed by atoms with Crippen LogP contribution in [0.5, 0.6) is 0 Å². The fraction of sp³-hybridized carbons (Fsp3) is 0.750. The number of thiocarbonyl (C=S) groups is 1. The zero-order chi connectivity index (χ0) is 14.8. The van der Waals surface area contributed by atoms with E-state index in [1.54, 1.807) is 12.0 Å². The average Bonchev–Trinajstić information content (AvgIpc) is 2.40. The second-order valence-electron chi connectivity index (χ2n) is 4.11. The lowest BCUT2D eigenvalue weighted by Gasteiger charge is -2.29. The van der Waals surface area contributed by atoms with Crippen LogP contribution in [0.3, 0.4) is 0 Å². The van der Waals surface area contributed by atoms with E-state index >= 15 is 0 Å². The van der Waals surface area contributed by atoms with E-state index in [2.05, 4.69) is 17.5 Å². The quantitative estimate of drug-likeness (QED) is 0.487. The van der Waals surface area contributed by atoms with Crippen LogP contribution in [0.25, 0.3) is 0 Å². The molecular weight excluding hydrogens is 266 g/mol. The van der Waals surface area contributed by atoms with Crippen molar-refractivity contribution in [1.29, 1.82) is 0 Å². The van der Waals surface area contributed by atoms with E-state index in [1.165, 1.54) is 0 Å². The van der Waals surface area contributed by atoms with E-state index in [4.69, 9.17) is 10.5 Å². The first-order valence-corrected chi connectivity index (χ1v) is 6.74. The van der Waals surface area contributed by atoms with E-state index in [0.717, 1.165) is 12.8 Å². The minimum Gasteiger partial charge on any atom is -0.392 e. The maximum absolute atomic E-state index is 12.1. The summed E-state index contributed by atoms with van der Waals surface area (Å²) in [6, 6.07) is 0.0261. The summed E-state index contributed by atoms with van der Waals surface area (Å²) in [6.45, 7) is 4.77. The second kappa shape index (κ2) is 9.69. The molecule has 0 rings (SSSR count). The molecule has 0 atom stereocenters. The van der Waals surface area contributed by atoms with E-state index in [1.807, 2.05) is 13.8 Å². The molecule has 0 aliphatic heterocycles. The van der Waals surface area contributed by atoms with Crippen LogP contribution in [0.4, 0.5) is 0 Å². The Kier molecular flexibility index (Phi) is 9.07. The Morgan fingerprint density at radius 1 is 1.37 bits per heavy atom. The molecule has 19 heavy (non-hydrogen) atoms. The summed E-state index contributed by atoms with van der Waals surface area (Å²) in [5.74, 6) is -1.25. The molecule has 0 aromatic heterocycles. The highest BCUT2D eigenvalue weighted by molar-refractivity contribution is 7.80. The molecule has 2 amide bonds. The fourth-order valence-electron chi connectivity index (χ4n) is 1.74. The van der Waals surface area contributed by atoms with Gasteiger partial charge in [0.1, 0.15) is 0 Å². The minimum atomic E-state index is -0.684. The van der Waals surface area contributed by atoms with Crippen LogP contribution in [0.1, 0.15) is 26.7 Å². The van der Waals surface area contributed by atoms with Crippen LogP contribution >= 0.6 is 12.2 Å². The number of amides is 2. The van der Waals surface area contributed by atoms with Crippen molar-refractivity contribution in [3.05, 3.63) is 0 Å². The number of nitrogens with one attached hydrogen (secondary N) is 1. The number of nitrogens with two attached hydrogens (primary N) is 1. The summed E-state index contributed by atoms with van der Waals surface area (Å²) >= 11 is 4.65. The number of rotatable bonds is 8. The molecule has 0 aliphatic rings. The number of nitrogens with zero attached hydrogens (tertiary/aromatic N) is 1. The van der Waals surface area contributed by atoms with Gasteiger partial charge in [-0.05, 0) is 12.8 Å². The lowest BCUT2D eigenvalue weighted by molar-refractivity contribution is -0.147. The molecule has 7 heteroatoms. The first kappa shape index (κ1) is 17.8. The van der Waals surface area contributed by atoms with Crippen LogP contribution in [-0.4, -0.2) is 54.6 Å². The van der Waals surface area contributed by atoms with Gasteiger partial charge in [0.25, 0.3) is 0 Å². The Labute approximate surface area is 119 Å². The molecular formula is C12H23N3O3S. The van der Waals surface area contributed by atoms with E-state index in [-0.39, 0.29) is 17.6 Å². The normalized spacial score (nSPS) is 10.3. The number of carbonyl (C=O) groups excluding carboxylic acids is 2. The van der Waals surface area contributed by atoms with Gasteiger partial charge in [-0.25, -0.2) is 0 Å². The van der Waals surface area contributed by atoms with Gasteiger partial charge in [0.2, 0.25) is 0 Å². The molecule has 0 saturated heterocycles. The van der Waals surface area contributed by atoms with Crippen molar-refractivity contribution in [2.45, 2.75) is 32.7 Å². The van der Waals surface area contributed by atoms with Crippen molar-refractivity contribution in [1.82, 2.24) is 10.2 Å². The standard InChI is InChI=1S/C12H23N3O3S/c1-4-9(5-2)15(6-7-18-3)12(17)11(16)14-8-10(13)19/h9H,4-8H2,1-3H3,(H2,13,19)(H,14,16). The van der Waals surface area contributed by atoms with Gasteiger partial charge >= 0.3 is 11.8 Å². The molecule has 6 nitrogen and oxygen atoms in total. The maximum Gasteiger partial charge on any atom is 0.312 e. The Bertz CT molecular complexity index is 319. The van der Waals surface area contributed by atoms with E-state index in [0.29, 0.717) is 13.2 Å². The Morgan fingerprint density at radius 3 is 2.37 bits per heavy atom.